The van der Waals surface area contributed by atoms with Crippen LogP contribution in [0, 0.1) is 0 Å². The first kappa shape index (κ1) is 13.5. The minimum atomic E-state index is -2.80. The van der Waals surface area contributed by atoms with Crippen molar-refractivity contribution in [2.75, 3.05) is 0 Å². The molecule has 0 radical (unpaired) electrons. The number of hydrogen-bond acceptors (Lipinski definition) is 3. The van der Waals surface area contributed by atoms with Crippen LogP contribution < -0.4 is 10.1 Å². The van der Waals surface area contributed by atoms with Gasteiger partial charge in [0.05, 0.1) is 6.33 Å². The van der Waals surface area contributed by atoms with E-state index in [1.807, 2.05) is 13.0 Å². The average molecular weight is 267 g/mol. The summed E-state index contributed by atoms with van der Waals surface area (Å²) in [5, 5.41) is 3.27. The lowest BCUT2D eigenvalue weighted by atomic mass is 10.1. The molecule has 0 aliphatic heterocycles. The third-order valence-corrected chi connectivity index (χ3v) is 2.74. The number of alkyl halides is 2. The molecule has 1 atom stereocenters. The first-order valence-corrected chi connectivity index (χ1v) is 5.90. The van der Waals surface area contributed by atoms with Crippen molar-refractivity contribution in [1.82, 2.24) is 15.3 Å². The molecule has 0 saturated heterocycles. The first-order valence-electron chi connectivity index (χ1n) is 5.90. The predicted octanol–water partition coefficient (Wildman–Crippen LogP) is 2.86. The van der Waals surface area contributed by atoms with Crippen molar-refractivity contribution in [1.29, 1.82) is 0 Å². The highest BCUT2D eigenvalue weighted by atomic mass is 19.3. The molecule has 4 nitrogen and oxygen atoms in total. The number of imidazole rings is 1. The molecule has 0 aliphatic rings. The number of H-pyrrole nitrogens is 1. The fourth-order valence-electron chi connectivity index (χ4n) is 1.72. The number of rotatable bonds is 6. The Morgan fingerprint density at radius 1 is 1.42 bits per heavy atom. The van der Waals surface area contributed by atoms with E-state index in [0.717, 1.165) is 11.3 Å². The van der Waals surface area contributed by atoms with Gasteiger partial charge >= 0.3 is 6.61 Å². The van der Waals surface area contributed by atoms with Crippen molar-refractivity contribution in [2.24, 2.45) is 0 Å². The fraction of sp³-hybridized carbons (Fsp3) is 0.308. The topological polar surface area (TPSA) is 49.9 Å². The zero-order valence-corrected chi connectivity index (χ0v) is 10.4. The van der Waals surface area contributed by atoms with E-state index >= 15 is 0 Å². The summed E-state index contributed by atoms with van der Waals surface area (Å²) < 4.78 is 28.7. The van der Waals surface area contributed by atoms with E-state index < -0.39 is 6.61 Å². The van der Waals surface area contributed by atoms with Gasteiger partial charge < -0.3 is 15.0 Å². The monoisotopic (exact) mass is 267 g/mol. The third-order valence-electron chi connectivity index (χ3n) is 2.74. The number of ether oxygens (including phenoxy) is 1. The molecule has 0 aliphatic carbocycles. The van der Waals surface area contributed by atoms with Crippen molar-refractivity contribution in [3.05, 3.63) is 48.0 Å². The van der Waals surface area contributed by atoms with Gasteiger partial charge in [0.1, 0.15) is 5.75 Å². The molecular weight excluding hydrogens is 252 g/mol. The smallest absolute Gasteiger partial charge is 0.387 e. The summed E-state index contributed by atoms with van der Waals surface area (Å²) in [7, 11) is 0. The highest BCUT2D eigenvalue weighted by Gasteiger charge is 2.09. The van der Waals surface area contributed by atoms with Crippen molar-refractivity contribution >= 4 is 0 Å². The van der Waals surface area contributed by atoms with Crippen LogP contribution in [0.15, 0.2) is 36.8 Å². The van der Waals surface area contributed by atoms with Crippen LogP contribution in [0.2, 0.25) is 0 Å². The van der Waals surface area contributed by atoms with Crippen molar-refractivity contribution in [2.45, 2.75) is 26.1 Å². The summed E-state index contributed by atoms with van der Waals surface area (Å²) in [6.45, 7) is -0.220. The minimum Gasteiger partial charge on any atom is -0.435 e. The molecule has 6 heteroatoms. The summed E-state index contributed by atoms with van der Waals surface area (Å²) in [5.74, 6) is 0.169. The lowest BCUT2D eigenvalue weighted by molar-refractivity contribution is -0.0499. The van der Waals surface area contributed by atoms with Crippen LogP contribution in [-0.4, -0.2) is 16.6 Å². The van der Waals surface area contributed by atoms with Gasteiger partial charge in [0, 0.05) is 24.5 Å². The number of halogens is 2. The van der Waals surface area contributed by atoms with Gasteiger partial charge in [-0.1, -0.05) is 12.1 Å². The van der Waals surface area contributed by atoms with Crippen LogP contribution in [0.1, 0.15) is 24.2 Å². The molecule has 1 aromatic carbocycles. The standard InChI is InChI=1S/C13H15F2N3O/c1-9(17-7-11-6-16-8-18-11)10-3-2-4-12(5-10)19-13(14)15/h2-6,8-9,13,17H,7H2,1H3,(H,16,18). The number of aromatic nitrogens is 2. The van der Waals surface area contributed by atoms with Crippen LogP contribution in [0.4, 0.5) is 8.78 Å². The Morgan fingerprint density at radius 3 is 2.95 bits per heavy atom. The van der Waals surface area contributed by atoms with Crippen LogP contribution >= 0.6 is 0 Å². The van der Waals surface area contributed by atoms with E-state index in [1.165, 1.54) is 6.07 Å². The lowest BCUT2D eigenvalue weighted by Crippen LogP contribution is -2.18. The molecule has 1 unspecified atom stereocenters. The number of aromatic amines is 1. The zero-order chi connectivity index (χ0) is 13.7. The van der Waals surface area contributed by atoms with E-state index in [9.17, 15) is 8.78 Å². The van der Waals surface area contributed by atoms with E-state index in [0.29, 0.717) is 6.54 Å². The predicted molar refractivity (Wildman–Crippen MR) is 66.9 cm³/mol. The van der Waals surface area contributed by atoms with Crippen LogP contribution in [0.3, 0.4) is 0 Å². The number of nitrogens with one attached hydrogen (secondary N) is 2. The summed E-state index contributed by atoms with van der Waals surface area (Å²) in [6, 6.07) is 6.70. The maximum absolute atomic E-state index is 12.1. The van der Waals surface area contributed by atoms with Gasteiger partial charge in [-0.15, -0.1) is 0 Å². The second kappa shape index (κ2) is 6.29. The van der Waals surface area contributed by atoms with Gasteiger partial charge in [0.25, 0.3) is 0 Å². The number of benzene rings is 1. The summed E-state index contributed by atoms with van der Waals surface area (Å²) in [5.41, 5.74) is 1.85. The van der Waals surface area contributed by atoms with Gasteiger partial charge in [-0.05, 0) is 24.6 Å². The Kier molecular flexibility index (Phi) is 4.46. The van der Waals surface area contributed by atoms with E-state index in [4.69, 9.17) is 0 Å². The maximum Gasteiger partial charge on any atom is 0.387 e. The summed E-state index contributed by atoms with van der Waals surface area (Å²) in [4.78, 5) is 6.90. The largest absolute Gasteiger partial charge is 0.435 e. The Labute approximate surface area is 109 Å². The first-order chi connectivity index (χ1) is 9.15. The van der Waals surface area contributed by atoms with Crippen molar-refractivity contribution in [3.63, 3.8) is 0 Å². The average Bonchev–Trinajstić information content (AvgIpc) is 2.88. The zero-order valence-electron chi connectivity index (χ0n) is 10.4. The molecule has 2 aromatic rings. The van der Waals surface area contributed by atoms with E-state index in [-0.39, 0.29) is 11.8 Å². The molecule has 102 valence electrons. The highest BCUT2D eigenvalue weighted by Crippen LogP contribution is 2.20. The molecule has 1 aromatic heterocycles. The highest BCUT2D eigenvalue weighted by molar-refractivity contribution is 5.30. The van der Waals surface area contributed by atoms with Gasteiger partial charge in [-0.3, -0.25) is 0 Å². The lowest BCUT2D eigenvalue weighted by Gasteiger charge is -2.14. The Hall–Kier alpha value is -1.95. The van der Waals surface area contributed by atoms with Crippen molar-refractivity contribution in [3.8, 4) is 5.75 Å². The molecule has 0 saturated carbocycles. The second-order valence-corrected chi connectivity index (χ2v) is 4.13. The number of nitrogens with zero attached hydrogens (tertiary/aromatic N) is 1. The summed E-state index contributed by atoms with van der Waals surface area (Å²) in [6.07, 6.45) is 3.34. The molecule has 2 N–H and O–H groups in total. The minimum absolute atomic E-state index is 0.0181. The van der Waals surface area contributed by atoms with Gasteiger partial charge in [-0.25, -0.2) is 4.98 Å². The van der Waals surface area contributed by atoms with Gasteiger partial charge in [-0.2, -0.15) is 8.78 Å². The molecule has 19 heavy (non-hydrogen) atoms. The Morgan fingerprint density at radius 2 is 2.26 bits per heavy atom. The Bertz CT molecular complexity index is 502. The number of hydrogen-bond donors (Lipinski definition) is 2. The third kappa shape index (κ3) is 4.03. The summed E-state index contributed by atoms with van der Waals surface area (Å²) >= 11 is 0. The van der Waals surface area contributed by atoms with E-state index in [1.54, 1.807) is 24.7 Å². The van der Waals surface area contributed by atoms with Crippen LogP contribution in [0.5, 0.6) is 5.75 Å². The van der Waals surface area contributed by atoms with Crippen LogP contribution in [0.25, 0.3) is 0 Å². The fourth-order valence-corrected chi connectivity index (χ4v) is 1.72. The molecule has 0 amide bonds. The maximum atomic E-state index is 12.1. The second-order valence-electron chi connectivity index (χ2n) is 4.13. The van der Waals surface area contributed by atoms with Crippen molar-refractivity contribution < 1.29 is 13.5 Å². The molecule has 0 fully saturated rings. The Balaban J connectivity index is 1.96. The van der Waals surface area contributed by atoms with Gasteiger partial charge in [0.2, 0.25) is 0 Å². The quantitative estimate of drug-likeness (QED) is 0.846. The normalized spacial score (nSPS) is 12.6. The molecule has 2 rings (SSSR count). The molecule has 0 bridgehead atoms. The molecule has 0 spiro atoms. The SMILES string of the molecule is CC(NCc1cnc[nH]1)c1cccc(OC(F)F)c1. The van der Waals surface area contributed by atoms with Crippen LogP contribution in [-0.2, 0) is 6.54 Å². The van der Waals surface area contributed by atoms with E-state index in [2.05, 4.69) is 20.0 Å². The molecule has 1 heterocycles. The van der Waals surface area contributed by atoms with Gasteiger partial charge in [0.15, 0.2) is 0 Å². The molecular formula is C13H15F2N3O.